The highest BCUT2D eigenvalue weighted by Gasteiger charge is 2.25. The molecule has 7 heteroatoms. The molecule has 1 saturated heterocycles. The second-order valence-corrected chi connectivity index (χ2v) is 4.94. The molecule has 1 fully saturated rings. The van der Waals surface area contributed by atoms with Gasteiger partial charge in [-0.15, -0.1) is 0 Å². The van der Waals surface area contributed by atoms with Crippen LogP contribution in [0.3, 0.4) is 0 Å². The monoisotopic (exact) mass is 282 g/mol. The van der Waals surface area contributed by atoms with Crippen molar-refractivity contribution in [3.05, 3.63) is 11.4 Å². The Morgan fingerprint density at radius 1 is 1.30 bits per heavy atom. The van der Waals surface area contributed by atoms with E-state index in [1.807, 2.05) is 0 Å². The van der Waals surface area contributed by atoms with Crippen LogP contribution >= 0.6 is 0 Å². The van der Waals surface area contributed by atoms with Gasteiger partial charge in [0.15, 0.2) is 5.69 Å². The van der Waals surface area contributed by atoms with E-state index in [9.17, 15) is 9.90 Å². The summed E-state index contributed by atoms with van der Waals surface area (Å²) in [5.74, 6) is 0.275. The summed E-state index contributed by atoms with van der Waals surface area (Å²) in [4.78, 5) is 20.7. The van der Waals surface area contributed by atoms with Gasteiger partial charge in [-0.25, -0.2) is 9.78 Å². The third-order valence-electron chi connectivity index (χ3n) is 3.55. The highest BCUT2D eigenvalue weighted by Crippen LogP contribution is 2.20. The Labute approximate surface area is 118 Å². The number of esters is 1. The first-order chi connectivity index (χ1) is 9.58. The molecule has 0 bridgehead atoms. The number of hydrogen-bond acceptors (Lipinski definition) is 6. The van der Waals surface area contributed by atoms with Crippen LogP contribution in [0.25, 0.3) is 0 Å². The molecule has 20 heavy (non-hydrogen) atoms. The number of aliphatic hydroxyl groups is 1. The first-order valence-electron chi connectivity index (χ1n) is 6.85. The Bertz CT molecular complexity index is 478. The molecule has 0 radical (unpaired) electrons. The molecule has 112 valence electrons. The second kappa shape index (κ2) is 6.23. The molecule has 1 aliphatic rings. The van der Waals surface area contributed by atoms with Gasteiger partial charge in [0.05, 0.1) is 13.2 Å². The number of imidazole rings is 1. The van der Waals surface area contributed by atoms with Crippen LogP contribution in [0, 0.1) is 0 Å². The van der Waals surface area contributed by atoms with Crippen LogP contribution in [-0.4, -0.2) is 65.4 Å². The number of carbonyl (C=O) groups excluding carboxylic acids is 1. The number of nitrogens with zero attached hydrogens (tertiary/aromatic N) is 4. The summed E-state index contributed by atoms with van der Waals surface area (Å²) in [6.07, 6.45) is 0. The molecule has 1 aliphatic heterocycles. The van der Waals surface area contributed by atoms with E-state index in [1.54, 1.807) is 18.5 Å². The summed E-state index contributed by atoms with van der Waals surface area (Å²) in [7, 11) is 3.87. The highest BCUT2D eigenvalue weighted by molar-refractivity contribution is 5.89. The van der Waals surface area contributed by atoms with Crippen LogP contribution in [0.1, 0.15) is 23.1 Å². The minimum Gasteiger partial charge on any atom is -0.461 e. The van der Waals surface area contributed by atoms with Crippen molar-refractivity contribution >= 4 is 11.9 Å². The van der Waals surface area contributed by atoms with Gasteiger partial charge < -0.3 is 24.2 Å². The van der Waals surface area contributed by atoms with Gasteiger partial charge in [0.25, 0.3) is 0 Å². The fourth-order valence-corrected chi connectivity index (χ4v) is 2.40. The van der Waals surface area contributed by atoms with Crippen molar-refractivity contribution in [2.24, 2.45) is 7.05 Å². The molecule has 1 N–H and O–H groups in total. The maximum Gasteiger partial charge on any atom is 0.357 e. The van der Waals surface area contributed by atoms with E-state index >= 15 is 0 Å². The van der Waals surface area contributed by atoms with Crippen LogP contribution in [-0.2, 0) is 18.4 Å². The Hall–Kier alpha value is -1.60. The van der Waals surface area contributed by atoms with Crippen molar-refractivity contribution in [3.8, 4) is 0 Å². The third kappa shape index (κ3) is 2.78. The molecule has 1 aromatic rings. The predicted molar refractivity (Wildman–Crippen MR) is 74.8 cm³/mol. The number of anilines is 1. The molecule has 0 aliphatic carbocycles. The van der Waals surface area contributed by atoms with Gasteiger partial charge in [0.2, 0.25) is 5.95 Å². The molecule has 2 rings (SSSR count). The van der Waals surface area contributed by atoms with Crippen molar-refractivity contribution in [1.29, 1.82) is 0 Å². The van der Waals surface area contributed by atoms with Crippen molar-refractivity contribution in [2.75, 3.05) is 44.7 Å². The van der Waals surface area contributed by atoms with Crippen molar-refractivity contribution in [1.82, 2.24) is 14.5 Å². The fraction of sp³-hybridized carbons (Fsp3) is 0.692. The van der Waals surface area contributed by atoms with Gasteiger partial charge in [-0.05, 0) is 14.0 Å². The average Bonchev–Trinajstić information content (AvgIpc) is 2.77. The molecule has 0 unspecified atom stereocenters. The first-order valence-corrected chi connectivity index (χ1v) is 6.85. The number of aliphatic hydroxyl groups excluding tert-OH is 1. The standard InChI is InChI=1S/C13H22N4O3/c1-4-20-12(19)11-10(9-18)14-13(16(11)3)17-7-5-15(2)6-8-17/h18H,4-9H2,1-3H3. The number of rotatable bonds is 4. The number of aromatic nitrogens is 2. The van der Waals surface area contributed by atoms with E-state index < -0.39 is 5.97 Å². The second-order valence-electron chi connectivity index (χ2n) is 4.94. The fourth-order valence-electron chi connectivity index (χ4n) is 2.40. The predicted octanol–water partition coefficient (Wildman–Crippen LogP) is -0.159. The average molecular weight is 282 g/mol. The molecule has 0 aromatic carbocycles. The van der Waals surface area contributed by atoms with Crippen LogP contribution in [0.4, 0.5) is 5.95 Å². The zero-order valence-corrected chi connectivity index (χ0v) is 12.3. The Morgan fingerprint density at radius 3 is 2.50 bits per heavy atom. The zero-order chi connectivity index (χ0) is 14.7. The summed E-state index contributed by atoms with van der Waals surface area (Å²) in [6, 6.07) is 0. The number of hydrogen-bond donors (Lipinski definition) is 1. The van der Waals surface area contributed by atoms with Crippen LogP contribution < -0.4 is 4.90 Å². The van der Waals surface area contributed by atoms with E-state index in [2.05, 4.69) is 21.8 Å². The molecular formula is C13H22N4O3. The van der Waals surface area contributed by atoms with Gasteiger partial charge in [-0.2, -0.15) is 0 Å². The van der Waals surface area contributed by atoms with Crippen LogP contribution in [0.15, 0.2) is 0 Å². The lowest BCUT2D eigenvalue weighted by atomic mass is 10.3. The van der Waals surface area contributed by atoms with Crippen molar-refractivity contribution in [2.45, 2.75) is 13.5 Å². The smallest absolute Gasteiger partial charge is 0.357 e. The Morgan fingerprint density at radius 2 is 1.95 bits per heavy atom. The quantitative estimate of drug-likeness (QED) is 0.774. The molecule has 1 aromatic heterocycles. The topological polar surface area (TPSA) is 70.8 Å². The minimum absolute atomic E-state index is 0.268. The van der Waals surface area contributed by atoms with Gasteiger partial charge in [0, 0.05) is 33.2 Å². The molecule has 0 saturated carbocycles. The van der Waals surface area contributed by atoms with Crippen LogP contribution in [0.5, 0.6) is 0 Å². The van der Waals surface area contributed by atoms with Crippen molar-refractivity contribution < 1.29 is 14.6 Å². The molecule has 7 nitrogen and oxygen atoms in total. The Balaban J connectivity index is 2.28. The summed E-state index contributed by atoms with van der Waals surface area (Å²) in [5, 5.41) is 9.40. The van der Waals surface area contributed by atoms with Crippen molar-refractivity contribution in [3.63, 3.8) is 0 Å². The molecular weight excluding hydrogens is 260 g/mol. The maximum absolute atomic E-state index is 12.0. The summed E-state index contributed by atoms with van der Waals surface area (Å²) in [6.45, 7) is 5.41. The van der Waals surface area contributed by atoms with Crippen LogP contribution in [0.2, 0.25) is 0 Å². The summed E-state index contributed by atoms with van der Waals surface area (Å²) < 4.78 is 6.75. The first kappa shape index (κ1) is 14.8. The molecule has 0 atom stereocenters. The summed E-state index contributed by atoms with van der Waals surface area (Å²) >= 11 is 0. The highest BCUT2D eigenvalue weighted by atomic mass is 16.5. The lowest BCUT2D eigenvalue weighted by Crippen LogP contribution is -2.45. The molecule has 0 amide bonds. The largest absolute Gasteiger partial charge is 0.461 e. The van der Waals surface area contributed by atoms with E-state index in [4.69, 9.17) is 4.74 Å². The van der Waals surface area contributed by atoms with E-state index in [1.165, 1.54) is 0 Å². The molecule has 2 heterocycles. The van der Waals surface area contributed by atoms with E-state index in [0.29, 0.717) is 23.9 Å². The third-order valence-corrected chi connectivity index (χ3v) is 3.55. The normalized spacial score (nSPS) is 16.5. The lowest BCUT2D eigenvalue weighted by Gasteiger charge is -2.33. The Kier molecular flexibility index (Phi) is 4.61. The number of carbonyl (C=O) groups is 1. The zero-order valence-electron chi connectivity index (χ0n) is 12.3. The SMILES string of the molecule is CCOC(=O)c1c(CO)nc(N2CCN(C)CC2)n1C. The number of likely N-dealkylation sites (N-methyl/N-ethyl adjacent to an activating group) is 1. The van der Waals surface area contributed by atoms with Gasteiger partial charge in [0.1, 0.15) is 5.69 Å². The minimum atomic E-state index is -0.438. The summed E-state index contributed by atoms with van der Waals surface area (Å²) in [5.41, 5.74) is 0.711. The number of piperazine rings is 1. The van der Waals surface area contributed by atoms with E-state index in [0.717, 1.165) is 26.2 Å². The van der Waals surface area contributed by atoms with Gasteiger partial charge in [-0.3, -0.25) is 0 Å². The van der Waals surface area contributed by atoms with E-state index in [-0.39, 0.29) is 6.61 Å². The maximum atomic E-state index is 12.0. The number of ether oxygens (including phenoxy) is 1. The van der Waals surface area contributed by atoms with Gasteiger partial charge >= 0.3 is 5.97 Å². The lowest BCUT2D eigenvalue weighted by molar-refractivity contribution is 0.0511. The molecule has 0 spiro atoms. The van der Waals surface area contributed by atoms with Gasteiger partial charge in [-0.1, -0.05) is 0 Å².